The first-order valence-electron chi connectivity index (χ1n) is 10.5. The first-order valence-corrected chi connectivity index (χ1v) is 10.5. The van der Waals surface area contributed by atoms with Crippen LogP contribution in [0.5, 0.6) is 5.75 Å². The molecule has 0 bridgehead atoms. The summed E-state index contributed by atoms with van der Waals surface area (Å²) in [5.41, 5.74) is 9.37. The highest BCUT2D eigenvalue weighted by Gasteiger charge is 2.36. The number of nitrogens with one attached hydrogen (secondary N) is 1. The minimum Gasteiger partial charge on any atom is -0.497 e. The van der Waals surface area contributed by atoms with Crippen LogP contribution in [0.4, 0.5) is 13.2 Å². The number of nitrogens with zero attached hydrogens (tertiary/aromatic N) is 3. The number of aromatic nitrogens is 3. The van der Waals surface area contributed by atoms with Crippen LogP contribution in [-0.2, 0) is 13.0 Å². The lowest BCUT2D eigenvalue weighted by molar-refractivity contribution is -0.0961. The Kier molecular flexibility index (Phi) is 6.28. The third-order valence-electron chi connectivity index (χ3n) is 5.89. The molecule has 1 aliphatic rings. The number of rotatable bonds is 6. The van der Waals surface area contributed by atoms with Gasteiger partial charge in [-0.1, -0.05) is 6.07 Å². The highest BCUT2D eigenvalue weighted by Crippen LogP contribution is 2.35. The summed E-state index contributed by atoms with van der Waals surface area (Å²) in [6.07, 6.45) is 3.44. The average Bonchev–Trinajstić information content (AvgIpc) is 3.27. The lowest BCUT2D eigenvalue weighted by Crippen LogP contribution is -2.34. The zero-order valence-corrected chi connectivity index (χ0v) is 18.1. The molecule has 4 rings (SSSR count). The summed E-state index contributed by atoms with van der Waals surface area (Å²) in [5, 5.41) is 0. The fourth-order valence-electron chi connectivity index (χ4n) is 4.23. The number of hydrogen-bond acceptors (Lipinski definition) is 6. The van der Waals surface area contributed by atoms with Crippen LogP contribution in [-0.4, -0.2) is 27.8 Å². The van der Waals surface area contributed by atoms with Crippen LogP contribution in [0.15, 0.2) is 54.7 Å². The van der Waals surface area contributed by atoms with Gasteiger partial charge in [0.2, 0.25) is 0 Å². The molecule has 10 heteroatoms. The number of imidazole rings is 1. The zero-order valence-electron chi connectivity index (χ0n) is 18.1. The largest absolute Gasteiger partial charge is 0.497 e. The minimum atomic E-state index is -4.71. The molecule has 1 aliphatic carbocycles. The van der Waals surface area contributed by atoms with Gasteiger partial charge in [-0.05, 0) is 54.7 Å². The summed E-state index contributed by atoms with van der Waals surface area (Å²) >= 11 is 0. The summed E-state index contributed by atoms with van der Waals surface area (Å²) < 4.78 is 46.8. The van der Waals surface area contributed by atoms with Crippen molar-refractivity contribution in [2.45, 2.75) is 37.9 Å². The van der Waals surface area contributed by atoms with Gasteiger partial charge in [0.05, 0.1) is 24.8 Å². The second-order valence-electron chi connectivity index (χ2n) is 7.97. The molecule has 2 heterocycles. The molecule has 33 heavy (non-hydrogen) atoms. The van der Waals surface area contributed by atoms with Gasteiger partial charge < -0.3 is 20.5 Å². The van der Waals surface area contributed by atoms with Crippen molar-refractivity contribution in [2.24, 2.45) is 11.6 Å². The monoisotopic (exact) mass is 458 g/mol. The van der Waals surface area contributed by atoms with E-state index in [1.54, 1.807) is 18.9 Å². The normalized spacial score (nSPS) is 16.7. The number of nitrogens with two attached hydrogens (primary N) is 2. The lowest BCUT2D eigenvalue weighted by Gasteiger charge is -2.26. The molecular formula is C23H25F3N6O. The summed E-state index contributed by atoms with van der Waals surface area (Å²) in [5.74, 6) is 6.19. The van der Waals surface area contributed by atoms with Crippen molar-refractivity contribution in [3.05, 3.63) is 71.4 Å². The molecule has 0 saturated heterocycles. The van der Waals surface area contributed by atoms with E-state index >= 15 is 0 Å². The number of benzene rings is 1. The molecule has 1 aromatic carbocycles. The molecule has 1 atom stereocenters. The van der Waals surface area contributed by atoms with Crippen molar-refractivity contribution in [2.75, 3.05) is 7.11 Å². The Labute approximate surface area is 189 Å². The molecule has 0 aliphatic heterocycles. The molecule has 0 fully saturated rings. The van der Waals surface area contributed by atoms with Crippen LogP contribution in [0.3, 0.4) is 0 Å². The number of ether oxygens (including phenoxy) is 1. The van der Waals surface area contributed by atoms with Gasteiger partial charge in [-0.15, -0.1) is 0 Å². The second-order valence-corrected chi connectivity index (χ2v) is 7.97. The van der Waals surface area contributed by atoms with Gasteiger partial charge in [-0.2, -0.15) is 13.2 Å². The third-order valence-corrected chi connectivity index (χ3v) is 5.89. The summed E-state index contributed by atoms with van der Waals surface area (Å²) in [7, 11) is 1.66. The first kappa shape index (κ1) is 22.7. The molecule has 1 unspecified atom stereocenters. The van der Waals surface area contributed by atoms with E-state index in [4.69, 9.17) is 16.3 Å². The van der Waals surface area contributed by atoms with Gasteiger partial charge in [0.15, 0.2) is 5.70 Å². The SMILES string of the molecule is COc1ccc2c(c1)C(Cn1cnc(-c3cc(/C(N)=C(/NN)C(F)(F)F)ccn3)c1)CCC2. The number of aryl methyl sites for hydroxylation is 1. The molecule has 2 aromatic heterocycles. The van der Waals surface area contributed by atoms with Crippen LogP contribution in [0.25, 0.3) is 17.1 Å². The van der Waals surface area contributed by atoms with E-state index < -0.39 is 17.6 Å². The molecule has 0 saturated carbocycles. The van der Waals surface area contributed by atoms with E-state index in [0.29, 0.717) is 17.3 Å². The molecule has 0 radical (unpaired) electrons. The molecule has 0 amide bonds. The van der Waals surface area contributed by atoms with Crippen LogP contribution in [0, 0.1) is 0 Å². The Balaban J connectivity index is 1.58. The van der Waals surface area contributed by atoms with E-state index in [9.17, 15) is 13.2 Å². The molecule has 0 spiro atoms. The van der Waals surface area contributed by atoms with E-state index in [1.807, 2.05) is 16.8 Å². The summed E-state index contributed by atoms with van der Waals surface area (Å²) in [4.78, 5) is 8.67. The minimum absolute atomic E-state index is 0.146. The average molecular weight is 458 g/mol. The number of fused-ring (bicyclic) bond motifs is 1. The smallest absolute Gasteiger partial charge is 0.434 e. The van der Waals surface area contributed by atoms with Crippen molar-refractivity contribution in [1.82, 2.24) is 20.0 Å². The maximum atomic E-state index is 13.1. The second kappa shape index (κ2) is 9.14. The van der Waals surface area contributed by atoms with Crippen LogP contribution >= 0.6 is 0 Å². The van der Waals surface area contributed by atoms with Crippen LogP contribution in [0.2, 0.25) is 0 Å². The quantitative estimate of drug-likeness (QED) is 0.384. The number of pyridine rings is 1. The van der Waals surface area contributed by atoms with Gasteiger partial charge in [0, 0.05) is 30.4 Å². The number of allylic oxidation sites excluding steroid dienone is 1. The number of halogens is 3. The van der Waals surface area contributed by atoms with Gasteiger partial charge in [0.1, 0.15) is 11.4 Å². The Morgan fingerprint density at radius 2 is 2.03 bits per heavy atom. The molecular weight excluding hydrogens is 433 g/mol. The van der Waals surface area contributed by atoms with Crippen molar-refractivity contribution in [1.29, 1.82) is 0 Å². The van der Waals surface area contributed by atoms with E-state index in [2.05, 4.69) is 22.1 Å². The van der Waals surface area contributed by atoms with Gasteiger partial charge in [0.25, 0.3) is 0 Å². The standard InChI is InChI=1S/C23H25F3N6O/c1-33-17-6-5-14-3-2-4-16(18(14)10-17)11-32-12-20(30-13-32)19-9-15(7-8-29-19)21(27)22(31-28)23(24,25)26/h5-10,12-13,16,31H,2-4,11,27-28H2,1H3/b22-21-. The molecule has 5 N–H and O–H groups in total. The Morgan fingerprint density at radius 1 is 1.21 bits per heavy atom. The lowest BCUT2D eigenvalue weighted by atomic mass is 9.82. The maximum absolute atomic E-state index is 13.1. The molecule has 174 valence electrons. The molecule has 3 aromatic rings. The topological polar surface area (TPSA) is 104 Å². The summed E-state index contributed by atoms with van der Waals surface area (Å²) in [6, 6.07) is 9.07. The van der Waals surface area contributed by atoms with E-state index in [1.165, 1.54) is 29.5 Å². The van der Waals surface area contributed by atoms with Gasteiger partial charge in [-0.3, -0.25) is 10.8 Å². The van der Waals surface area contributed by atoms with E-state index in [0.717, 1.165) is 31.6 Å². The van der Waals surface area contributed by atoms with Gasteiger partial charge >= 0.3 is 6.18 Å². The zero-order chi connectivity index (χ0) is 23.6. The highest BCUT2D eigenvalue weighted by molar-refractivity contribution is 5.69. The Hall–Kier alpha value is -3.53. The van der Waals surface area contributed by atoms with Crippen LogP contribution < -0.4 is 21.7 Å². The van der Waals surface area contributed by atoms with Crippen molar-refractivity contribution >= 4 is 5.70 Å². The Bertz CT molecular complexity index is 1170. The predicted octanol–water partition coefficient (Wildman–Crippen LogP) is 3.73. The molecule has 7 nitrogen and oxygen atoms in total. The van der Waals surface area contributed by atoms with Crippen molar-refractivity contribution in [3.63, 3.8) is 0 Å². The highest BCUT2D eigenvalue weighted by atomic mass is 19.4. The first-order chi connectivity index (χ1) is 15.8. The number of methoxy groups -OCH3 is 1. The third kappa shape index (κ3) is 4.80. The van der Waals surface area contributed by atoms with Crippen molar-refractivity contribution < 1.29 is 17.9 Å². The predicted molar refractivity (Wildman–Crippen MR) is 119 cm³/mol. The van der Waals surface area contributed by atoms with E-state index in [-0.39, 0.29) is 5.56 Å². The number of alkyl halides is 3. The fourth-order valence-corrected chi connectivity index (χ4v) is 4.23. The fraction of sp³-hybridized carbons (Fsp3) is 0.304. The summed E-state index contributed by atoms with van der Waals surface area (Å²) in [6.45, 7) is 0.726. The maximum Gasteiger partial charge on any atom is 0.434 e. The van der Waals surface area contributed by atoms with Crippen LogP contribution in [0.1, 0.15) is 35.4 Å². The number of hydrogen-bond donors (Lipinski definition) is 3. The number of hydrazine groups is 1. The van der Waals surface area contributed by atoms with Gasteiger partial charge in [-0.25, -0.2) is 4.98 Å². The van der Waals surface area contributed by atoms with Crippen molar-refractivity contribution in [3.8, 4) is 17.1 Å². The Morgan fingerprint density at radius 3 is 2.76 bits per heavy atom.